The fourth-order valence-electron chi connectivity index (χ4n) is 2.45. The first kappa shape index (κ1) is 15.6. The molecule has 7 heteroatoms. The maximum absolute atomic E-state index is 12.3. The molecule has 0 spiro atoms. The molecule has 2 amide bonds. The number of carbonyl (C=O) groups excluding carboxylic acids is 1. The van der Waals surface area contributed by atoms with E-state index in [9.17, 15) is 14.7 Å². The van der Waals surface area contributed by atoms with Crippen molar-refractivity contribution >= 4 is 29.3 Å². The van der Waals surface area contributed by atoms with Gasteiger partial charge in [-0.1, -0.05) is 11.6 Å². The van der Waals surface area contributed by atoms with E-state index < -0.39 is 12.0 Å². The minimum absolute atomic E-state index is 0.0617. The van der Waals surface area contributed by atoms with E-state index in [0.29, 0.717) is 6.54 Å². The van der Waals surface area contributed by atoms with Crippen molar-refractivity contribution in [3.05, 3.63) is 28.8 Å². The van der Waals surface area contributed by atoms with E-state index in [1.165, 1.54) is 18.2 Å². The quantitative estimate of drug-likeness (QED) is 0.799. The molecule has 1 heterocycles. The highest BCUT2D eigenvalue weighted by Gasteiger charge is 2.26. The molecule has 2 rings (SSSR count). The zero-order valence-electron chi connectivity index (χ0n) is 11.4. The first-order chi connectivity index (χ1) is 10.0. The number of anilines is 1. The summed E-state index contributed by atoms with van der Waals surface area (Å²) in [6.07, 6.45) is 2.59. The number of nitrogens with one attached hydrogen (secondary N) is 1. The maximum Gasteiger partial charge on any atom is 0.337 e. The predicted molar refractivity (Wildman–Crippen MR) is 78.9 cm³/mol. The van der Waals surface area contributed by atoms with Crippen LogP contribution < -0.4 is 5.32 Å². The molecule has 6 nitrogen and oxygen atoms in total. The van der Waals surface area contributed by atoms with Gasteiger partial charge in [0.15, 0.2) is 0 Å². The van der Waals surface area contributed by atoms with Crippen molar-refractivity contribution in [1.82, 2.24) is 4.90 Å². The second kappa shape index (κ2) is 6.78. The molecule has 0 bridgehead atoms. The number of hydrogen-bond acceptors (Lipinski definition) is 3. The van der Waals surface area contributed by atoms with E-state index in [0.717, 1.165) is 19.3 Å². The SMILES string of the molecule is O=C(O)c1cc(Cl)ccc1NC(=O)N1CCCCC1CO. The fraction of sp³-hybridized carbons (Fsp3) is 0.429. The van der Waals surface area contributed by atoms with E-state index in [-0.39, 0.29) is 28.9 Å². The first-order valence-electron chi connectivity index (χ1n) is 6.74. The lowest BCUT2D eigenvalue weighted by Gasteiger charge is -2.34. The number of aromatic carboxylic acids is 1. The van der Waals surface area contributed by atoms with Gasteiger partial charge < -0.3 is 20.4 Å². The topological polar surface area (TPSA) is 89.9 Å². The molecule has 1 aromatic carbocycles. The summed E-state index contributed by atoms with van der Waals surface area (Å²) in [7, 11) is 0. The van der Waals surface area contributed by atoms with Gasteiger partial charge in [0.05, 0.1) is 23.9 Å². The molecule has 0 aromatic heterocycles. The zero-order chi connectivity index (χ0) is 15.4. The Morgan fingerprint density at radius 3 is 2.81 bits per heavy atom. The second-order valence-corrected chi connectivity index (χ2v) is 5.39. The van der Waals surface area contributed by atoms with E-state index in [2.05, 4.69) is 5.32 Å². The van der Waals surface area contributed by atoms with Crippen molar-refractivity contribution in [1.29, 1.82) is 0 Å². The van der Waals surface area contributed by atoms with Crippen LogP contribution in [0.15, 0.2) is 18.2 Å². The first-order valence-corrected chi connectivity index (χ1v) is 7.12. The van der Waals surface area contributed by atoms with Gasteiger partial charge in [-0.25, -0.2) is 9.59 Å². The number of urea groups is 1. The van der Waals surface area contributed by atoms with Crippen LogP contribution in [-0.2, 0) is 0 Å². The molecule has 1 aromatic rings. The van der Waals surface area contributed by atoms with Crippen molar-refractivity contribution < 1.29 is 19.8 Å². The van der Waals surface area contributed by atoms with Crippen LogP contribution in [0.2, 0.25) is 5.02 Å². The van der Waals surface area contributed by atoms with Crippen molar-refractivity contribution in [3.8, 4) is 0 Å². The Morgan fingerprint density at radius 1 is 1.38 bits per heavy atom. The number of nitrogens with zero attached hydrogens (tertiary/aromatic N) is 1. The molecule has 1 fully saturated rings. The van der Waals surface area contributed by atoms with Gasteiger partial charge in [-0.3, -0.25) is 0 Å². The highest BCUT2D eigenvalue weighted by molar-refractivity contribution is 6.31. The summed E-state index contributed by atoms with van der Waals surface area (Å²) in [5.74, 6) is -1.16. The molecule has 1 aliphatic rings. The van der Waals surface area contributed by atoms with Crippen molar-refractivity contribution in [3.63, 3.8) is 0 Å². The number of hydrogen-bond donors (Lipinski definition) is 3. The fourth-order valence-corrected chi connectivity index (χ4v) is 2.62. The van der Waals surface area contributed by atoms with Gasteiger partial charge in [-0.2, -0.15) is 0 Å². The Labute approximate surface area is 127 Å². The van der Waals surface area contributed by atoms with E-state index in [1.807, 2.05) is 0 Å². The van der Waals surface area contributed by atoms with Crippen LogP contribution in [0.5, 0.6) is 0 Å². The minimum Gasteiger partial charge on any atom is -0.478 e. The third-order valence-corrected chi connectivity index (χ3v) is 3.79. The van der Waals surface area contributed by atoms with Gasteiger partial charge in [0, 0.05) is 11.6 Å². The van der Waals surface area contributed by atoms with Crippen LogP contribution in [0.25, 0.3) is 0 Å². The van der Waals surface area contributed by atoms with Crippen LogP contribution in [0.4, 0.5) is 10.5 Å². The third kappa shape index (κ3) is 3.65. The van der Waals surface area contributed by atoms with Gasteiger partial charge >= 0.3 is 12.0 Å². The van der Waals surface area contributed by atoms with Gasteiger partial charge in [-0.05, 0) is 37.5 Å². The van der Waals surface area contributed by atoms with Crippen LogP contribution in [-0.4, -0.2) is 46.3 Å². The molecule has 1 aliphatic heterocycles. The number of benzene rings is 1. The summed E-state index contributed by atoms with van der Waals surface area (Å²) in [5.41, 5.74) is 0.132. The van der Waals surface area contributed by atoms with Gasteiger partial charge in [0.2, 0.25) is 0 Å². The lowest BCUT2D eigenvalue weighted by molar-refractivity contribution is 0.0698. The number of carbonyl (C=O) groups is 2. The maximum atomic E-state index is 12.3. The number of halogens is 1. The molecule has 21 heavy (non-hydrogen) atoms. The molecule has 1 saturated heterocycles. The average molecular weight is 313 g/mol. The van der Waals surface area contributed by atoms with E-state index >= 15 is 0 Å². The van der Waals surface area contributed by atoms with Gasteiger partial charge in [-0.15, -0.1) is 0 Å². The minimum atomic E-state index is -1.16. The average Bonchev–Trinajstić information content (AvgIpc) is 2.48. The van der Waals surface area contributed by atoms with Crippen LogP contribution >= 0.6 is 11.6 Å². The standard InChI is InChI=1S/C14H17ClN2O4/c15-9-4-5-12(11(7-9)13(19)20)16-14(21)17-6-2-1-3-10(17)8-18/h4-5,7,10,18H,1-3,6,8H2,(H,16,21)(H,19,20). The molecule has 114 valence electrons. The van der Waals surface area contributed by atoms with Gasteiger partial charge in [0.25, 0.3) is 0 Å². The number of amides is 2. The number of likely N-dealkylation sites (tertiary alicyclic amines) is 1. The highest BCUT2D eigenvalue weighted by Crippen LogP contribution is 2.23. The molecule has 3 N–H and O–H groups in total. The summed E-state index contributed by atoms with van der Waals surface area (Å²) in [4.78, 5) is 25.0. The Morgan fingerprint density at radius 2 is 2.14 bits per heavy atom. The summed E-state index contributed by atoms with van der Waals surface area (Å²) in [6.45, 7) is 0.451. The van der Waals surface area contributed by atoms with Crippen LogP contribution in [0.3, 0.4) is 0 Å². The van der Waals surface area contributed by atoms with Gasteiger partial charge in [0.1, 0.15) is 0 Å². The van der Waals surface area contributed by atoms with E-state index in [4.69, 9.17) is 16.7 Å². The number of carboxylic acid groups (broad SMARTS) is 1. The van der Waals surface area contributed by atoms with Crippen molar-refractivity contribution in [2.24, 2.45) is 0 Å². The Balaban J connectivity index is 2.17. The normalized spacial score (nSPS) is 18.4. The molecule has 0 saturated carbocycles. The molecule has 1 unspecified atom stereocenters. The number of aliphatic hydroxyl groups excluding tert-OH is 1. The zero-order valence-corrected chi connectivity index (χ0v) is 12.1. The lowest BCUT2D eigenvalue weighted by atomic mass is 10.0. The van der Waals surface area contributed by atoms with Crippen LogP contribution in [0.1, 0.15) is 29.6 Å². The second-order valence-electron chi connectivity index (χ2n) is 4.95. The summed E-state index contributed by atoms with van der Waals surface area (Å²) in [5, 5.41) is 21.3. The summed E-state index contributed by atoms with van der Waals surface area (Å²) < 4.78 is 0. The summed E-state index contributed by atoms with van der Waals surface area (Å²) >= 11 is 5.77. The monoisotopic (exact) mass is 312 g/mol. The smallest absolute Gasteiger partial charge is 0.337 e. The van der Waals surface area contributed by atoms with Crippen LogP contribution in [0, 0.1) is 0 Å². The third-order valence-electron chi connectivity index (χ3n) is 3.55. The lowest BCUT2D eigenvalue weighted by Crippen LogP contribution is -2.47. The number of rotatable bonds is 3. The Bertz CT molecular complexity index is 550. The molecular formula is C14H17ClN2O4. The number of piperidine rings is 1. The number of carboxylic acids is 1. The van der Waals surface area contributed by atoms with E-state index in [1.54, 1.807) is 4.90 Å². The van der Waals surface area contributed by atoms with Crippen molar-refractivity contribution in [2.45, 2.75) is 25.3 Å². The Hall–Kier alpha value is -1.79. The molecule has 1 atom stereocenters. The molecule has 0 radical (unpaired) electrons. The van der Waals surface area contributed by atoms with Crippen molar-refractivity contribution in [2.75, 3.05) is 18.5 Å². The molecule has 0 aliphatic carbocycles. The largest absolute Gasteiger partial charge is 0.478 e. The number of aliphatic hydroxyl groups is 1. The summed E-state index contributed by atoms with van der Waals surface area (Å²) in [6, 6.07) is 3.64. The molecular weight excluding hydrogens is 296 g/mol. The predicted octanol–water partition coefficient (Wildman–Crippen LogP) is 2.42. The highest BCUT2D eigenvalue weighted by atomic mass is 35.5. The Kier molecular flexibility index (Phi) is 5.03.